The molecule has 2 N–H and O–H groups in total. The Hall–Kier alpha value is -3.38. The van der Waals surface area contributed by atoms with E-state index in [0.29, 0.717) is 11.4 Å². The number of nitrogens with one attached hydrogen (secondary N) is 2. The molecular weight excluding hydrogens is 382 g/mol. The molecule has 0 aliphatic heterocycles. The minimum atomic E-state index is -0.446. The summed E-state index contributed by atoms with van der Waals surface area (Å²) < 4.78 is 0. The maximum Gasteiger partial charge on any atom is 0.273 e. The van der Waals surface area contributed by atoms with Crippen molar-refractivity contribution in [3.05, 3.63) is 95.3 Å². The molecule has 0 aliphatic rings. The van der Waals surface area contributed by atoms with Crippen molar-refractivity contribution < 1.29 is 9.59 Å². The Morgan fingerprint density at radius 1 is 0.966 bits per heavy atom. The molecule has 0 saturated heterocycles. The Labute approximate surface area is 174 Å². The van der Waals surface area contributed by atoms with Crippen LogP contribution in [-0.4, -0.2) is 23.1 Å². The number of amides is 2. The number of aryl methyl sites for hydroxylation is 1. The van der Waals surface area contributed by atoms with Crippen LogP contribution in [-0.2, 0) is 4.79 Å². The van der Waals surface area contributed by atoms with Crippen LogP contribution in [0.15, 0.2) is 83.5 Å². The van der Waals surface area contributed by atoms with E-state index in [2.05, 4.69) is 15.6 Å². The number of pyridine rings is 1. The Balaban J connectivity index is 1.87. The summed E-state index contributed by atoms with van der Waals surface area (Å²) in [5, 5.41) is 5.44. The second-order valence-corrected chi connectivity index (χ2v) is 7.20. The van der Waals surface area contributed by atoms with Crippen molar-refractivity contribution in [1.29, 1.82) is 0 Å². The summed E-state index contributed by atoms with van der Waals surface area (Å²) in [6, 6.07) is 20.1. The van der Waals surface area contributed by atoms with E-state index in [1.807, 2.05) is 49.6 Å². The predicted octanol–water partition coefficient (Wildman–Crippen LogP) is 4.52. The molecule has 0 fully saturated rings. The van der Waals surface area contributed by atoms with Gasteiger partial charge < -0.3 is 10.6 Å². The van der Waals surface area contributed by atoms with Crippen molar-refractivity contribution in [3.8, 4) is 0 Å². The van der Waals surface area contributed by atoms with Gasteiger partial charge in [0.05, 0.1) is 0 Å². The van der Waals surface area contributed by atoms with Crippen molar-refractivity contribution in [3.63, 3.8) is 0 Å². The highest BCUT2D eigenvalue weighted by molar-refractivity contribution is 7.98. The summed E-state index contributed by atoms with van der Waals surface area (Å²) in [5.41, 5.74) is 2.47. The van der Waals surface area contributed by atoms with Gasteiger partial charge in [-0.05, 0) is 61.2 Å². The first kappa shape index (κ1) is 20.4. The predicted molar refractivity (Wildman–Crippen MR) is 118 cm³/mol. The molecule has 3 aromatic rings. The molecule has 0 bridgehead atoms. The fourth-order valence-electron chi connectivity index (χ4n) is 2.54. The normalized spacial score (nSPS) is 11.0. The standard InChI is InChI=1S/C23H21N3O2S/c1-16-6-10-18(11-7-16)22(27)25-20(15-17-8-12-19(29-2)13-9-17)23(28)26-21-5-3-4-14-24-21/h3-15H,1-2H3,(H,25,27)(H,24,26,28). The molecule has 3 rings (SSSR count). The van der Waals surface area contributed by atoms with Crippen molar-refractivity contribution in [2.45, 2.75) is 11.8 Å². The van der Waals surface area contributed by atoms with E-state index < -0.39 is 5.91 Å². The van der Waals surface area contributed by atoms with E-state index in [-0.39, 0.29) is 11.6 Å². The second kappa shape index (κ2) is 9.71. The summed E-state index contributed by atoms with van der Waals surface area (Å²) in [6.45, 7) is 1.95. The van der Waals surface area contributed by atoms with Crippen molar-refractivity contribution in [2.24, 2.45) is 0 Å². The zero-order chi connectivity index (χ0) is 20.6. The fraction of sp³-hybridized carbons (Fsp3) is 0.0870. The van der Waals surface area contributed by atoms with E-state index in [0.717, 1.165) is 16.0 Å². The topological polar surface area (TPSA) is 71.1 Å². The van der Waals surface area contributed by atoms with Crippen LogP contribution in [0.1, 0.15) is 21.5 Å². The van der Waals surface area contributed by atoms with E-state index in [1.165, 1.54) is 0 Å². The number of hydrogen-bond acceptors (Lipinski definition) is 4. The highest BCUT2D eigenvalue weighted by atomic mass is 32.2. The first-order chi connectivity index (χ1) is 14.0. The number of benzene rings is 2. The average Bonchev–Trinajstić information content (AvgIpc) is 2.75. The quantitative estimate of drug-likeness (QED) is 0.469. The monoisotopic (exact) mass is 403 g/mol. The molecular formula is C23H21N3O2S. The number of aromatic nitrogens is 1. The second-order valence-electron chi connectivity index (χ2n) is 6.32. The Bertz CT molecular complexity index is 1010. The zero-order valence-corrected chi connectivity index (χ0v) is 17.0. The smallest absolute Gasteiger partial charge is 0.273 e. The van der Waals surface area contributed by atoms with Crippen LogP contribution in [0.3, 0.4) is 0 Å². The van der Waals surface area contributed by atoms with Gasteiger partial charge in [0, 0.05) is 16.7 Å². The summed E-state index contributed by atoms with van der Waals surface area (Å²) in [4.78, 5) is 30.7. The van der Waals surface area contributed by atoms with Crippen molar-refractivity contribution >= 4 is 35.5 Å². The highest BCUT2D eigenvalue weighted by Crippen LogP contribution is 2.17. The summed E-state index contributed by atoms with van der Waals surface area (Å²) in [7, 11) is 0. The number of anilines is 1. The Morgan fingerprint density at radius 3 is 2.31 bits per heavy atom. The number of nitrogens with zero attached hydrogens (tertiary/aromatic N) is 1. The zero-order valence-electron chi connectivity index (χ0n) is 16.2. The minimum absolute atomic E-state index is 0.137. The van der Waals surface area contributed by atoms with Crippen LogP contribution in [0.5, 0.6) is 0 Å². The number of rotatable bonds is 6. The maximum absolute atomic E-state index is 12.8. The number of carbonyl (C=O) groups is 2. The van der Waals surface area contributed by atoms with Crippen molar-refractivity contribution in [1.82, 2.24) is 10.3 Å². The largest absolute Gasteiger partial charge is 0.317 e. The lowest BCUT2D eigenvalue weighted by molar-refractivity contribution is -0.113. The lowest BCUT2D eigenvalue weighted by atomic mass is 10.1. The van der Waals surface area contributed by atoms with Crippen LogP contribution in [0.25, 0.3) is 6.08 Å². The molecule has 0 aliphatic carbocycles. The molecule has 2 aromatic carbocycles. The Morgan fingerprint density at radius 2 is 1.69 bits per heavy atom. The third-order valence-electron chi connectivity index (χ3n) is 4.14. The molecule has 2 amide bonds. The third-order valence-corrected chi connectivity index (χ3v) is 4.88. The molecule has 1 aromatic heterocycles. The van der Waals surface area contributed by atoms with Gasteiger partial charge in [0.25, 0.3) is 11.8 Å². The first-order valence-corrected chi connectivity index (χ1v) is 10.2. The average molecular weight is 404 g/mol. The van der Waals surface area contributed by atoms with Crippen molar-refractivity contribution in [2.75, 3.05) is 11.6 Å². The Kier molecular flexibility index (Phi) is 6.81. The van der Waals surface area contributed by atoms with Gasteiger partial charge in [-0.1, -0.05) is 35.9 Å². The summed E-state index contributed by atoms with van der Waals surface area (Å²) in [6.07, 6.45) is 5.23. The minimum Gasteiger partial charge on any atom is -0.317 e. The van der Waals surface area contributed by atoms with Crippen LogP contribution in [0.4, 0.5) is 5.82 Å². The van der Waals surface area contributed by atoms with Crippen LogP contribution in [0, 0.1) is 6.92 Å². The van der Waals surface area contributed by atoms with Gasteiger partial charge in [-0.25, -0.2) is 4.98 Å². The van der Waals surface area contributed by atoms with E-state index in [1.54, 1.807) is 54.4 Å². The van der Waals surface area contributed by atoms with Crippen LogP contribution in [0.2, 0.25) is 0 Å². The molecule has 6 heteroatoms. The lowest BCUT2D eigenvalue weighted by Crippen LogP contribution is -2.31. The van der Waals surface area contributed by atoms with Gasteiger partial charge >= 0.3 is 0 Å². The molecule has 5 nitrogen and oxygen atoms in total. The highest BCUT2D eigenvalue weighted by Gasteiger charge is 2.15. The molecule has 29 heavy (non-hydrogen) atoms. The van der Waals surface area contributed by atoms with Crippen LogP contribution >= 0.6 is 11.8 Å². The third kappa shape index (κ3) is 5.80. The molecule has 146 valence electrons. The molecule has 0 unspecified atom stereocenters. The maximum atomic E-state index is 12.8. The summed E-state index contributed by atoms with van der Waals surface area (Å²) >= 11 is 1.64. The molecule has 0 atom stereocenters. The number of hydrogen-bond donors (Lipinski definition) is 2. The van der Waals surface area contributed by atoms with Crippen LogP contribution < -0.4 is 10.6 Å². The van der Waals surface area contributed by atoms with Gasteiger partial charge in [-0.3, -0.25) is 9.59 Å². The van der Waals surface area contributed by atoms with Gasteiger partial charge in [-0.2, -0.15) is 0 Å². The number of thioether (sulfide) groups is 1. The fourth-order valence-corrected chi connectivity index (χ4v) is 2.95. The van der Waals surface area contributed by atoms with Gasteiger partial charge in [0.1, 0.15) is 11.5 Å². The first-order valence-electron chi connectivity index (χ1n) is 9.01. The van der Waals surface area contributed by atoms with Gasteiger partial charge in [-0.15, -0.1) is 11.8 Å². The summed E-state index contributed by atoms with van der Waals surface area (Å²) in [5.74, 6) is -0.392. The lowest BCUT2D eigenvalue weighted by Gasteiger charge is -2.11. The molecule has 0 spiro atoms. The number of carbonyl (C=O) groups excluding carboxylic acids is 2. The van der Waals surface area contributed by atoms with Gasteiger partial charge in [0.15, 0.2) is 0 Å². The molecule has 0 radical (unpaired) electrons. The van der Waals surface area contributed by atoms with E-state index in [9.17, 15) is 9.59 Å². The van der Waals surface area contributed by atoms with E-state index >= 15 is 0 Å². The van der Waals surface area contributed by atoms with Gasteiger partial charge in [0.2, 0.25) is 0 Å². The molecule has 1 heterocycles. The SMILES string of the molecule is CSc1ccc(C=C(NC(=O)c2ccc(C)cc2)C(=O)Nc2ccccn2)cc1. The van der Waals surface area contributed by atoms with E-state index in [4.69, 9.17) is 0 Å². The molecule has 0 saturated carbocycles.